The van der Waals surface area contributed by atoms with Crippen LogP contribution in [0.25, 0.3) is 0 Å². The van der Waals surface area contributed by atoms with Crippen molar-refractivity contribution < 1.29 is 27.8 Å². The lowest BCUT2D eigenvalue weighted by Gasteiger charge is -2.14. The highest BCUT2D eigenvalue weighted by atomic mass is 35.5. The number of rotatable bonds is 3. The minimum Gasteiger partial charge on any atom is -0.478 e. The largest absolute Gasteiger partial charge is 0.573 e. The Hall–Kier alpha value is -1.94. The molecular weight excluding hydrogens is 275 g/mol. The molecule has 4 nitrogen and oxygen atoms in total. The topological polar surface area (TPSA) is 70.3 Å². The van der Waals surface area contributed by atoms with Gasteiger partial charge in [0.2, 0.25) is 0 Å². The molecule has 0 aromatic heterocycles. The third-order valence-electron chi connectivity index (χ3n) is 1.97. The van der Waals surface area contributed by atoms with Gasteiger partial charge in [-0.15, -0.1) is 24.8 Å². The number of benzene rings is 1. The second-order valence-corrected chi connectivity index (χ2v) is 3.33. The number of alkyl halides is 4. The van der Waals surface area contributed by atoms with Gasteiger partial charge in [0.25, 0.3) is 0 Å². The highest BCUT2D eigenvalue weighted by Crippen LogP contribution is 2.31. The quantitative estimate of drug-likeness (QED) is 0.864. The van der Waals surface area contributed by atoms with Crippen LogP contribution in [0.4, 0.5) is 13.2 Å². The van der Waals surface area contributed by atoms with E-state index in [0.717, 1.165) is 12.1 Å². The van der Waals surface area contributed by atoms with Crippen molar-refractivity contribution in [3.8, 4) is 11.8 Å². The summed E-state index contributed by atoms with van der Waals surface area (Å²) in [5, 5.41) is 17.6. The third-order valence-corrected chi connectivity index (χ3v) is 2.24. The molecule has 0 atom stereocenters. The van der Waals surface area contributed by atoms with Crippen molar-refractivity contribution in [1.82, 2.24) is 0 Å². The number of carbonyl (C=O) groups is 1. The Kier molecular flexibility index (Phi) is 4.03. The van der Waals surface area contributed by atoms with Crippen LogP contribution in [0.15, 0.2) is 12.1 Å². The first kappa shape index (κ1) is 14.1. The molecule has 0 fully saturated rings. The van der Waals surface area contributed by atoms with Gasteiger partial charge in [0, 0.05) is 11.4 Å². The Morgan fingerprint density at radius 1 is 1.50 bits per heavy atom. The Morgan fingerprint density at radius 3 is 2.50 bits per heavy atom. The van der Waals surface area contributed by atoms with Gasteiger partial charge < -0.3 is 9.84 Å². The molecule has 1 N–H and O–H groups in total. The molecule has 1 aromatic rings. The van der Waals surface area contributed by atoms with Crippen molar-refractivity contribution >= 4 is 17.6 Å². The number of nitriles is 1. The van der Waals surface area contributed by atoms with Gasteiger partial charge in [-0.1, -0.05) is 0 Å². The van der Waals surface area contributed by atoms with Crippen LogP contribution < -0.4 is 4.74 Å². The highest BCUT2D eigenvalue weighted by Gasteiger charge is 2.34. The number of halogens is 4. The first-order chi connectivity index (χ1) is 8.30. The summed E-state index contributed by atoms with van der Waals surface area (Å²) in [6.45, 7) is 0. The number of carboxylic acids is 1. The van der Waals surface area contributed by atoms with Gasteiger partial charge in [-0.3, -0.25) is 0 Å². The molecular formula is C10H5ClF3NO3. The second-order valence-electron chi connectivity index (χ2n) is 3.06. The first-order valence-corrected chi connectivity index (χ1v) is 4.94. The Balaban J connectivity index is 3.46. The fraction of sp³-hybridized carbons (Fsp3) is 0.200. The van der Waals surface area contributed by atoms with E-state index in [-0.39, 0.29) is 11.1 Å². The molecule has 0 aliphatic carbocycles. The average Bonchev–Trinajstić information content (AvgIpc) is 2.25. The van der Waals surface area contributed by atoms with E-state index in [0.29, 0.717) is 0 Å². The average molecular weight is 280 g/mol. The van der Waals surface area contributed by atoms with Gasteiger partial charge in [-0.2, -0.15) is 5.26 Å². The maximum Gasteiger partial charge on any atom is 0.573 e. The first-order valence-electron chi connectivity index (χ1n) is 4.41. The van der Waals surface area contributed by atoms with Gasteiger partial charge in [0.05, 0.1) is 11.6 Å². The van der Waals surface area contributed by atoms with Crippen molar-refractivity contribution in [1.29, 1.82) is 5.26 Å². The van der Waals surface area contributed by atoms with Crippen LogP contribution in [0.2, 0.25) is 0 Å². The molecule has 1 rings (SSSR count). The van der Waals surface area contributed by atoms with Crippen LogP contribution in [0.1, 0.15) is 21.5 Å². The Bertz CT molecular complexity index is 522. The standard InChI is InChI=1S/C10H5ClF3NO3/c11-3-6-5(4-15)1-2-7(8(6)9(16)17)18-10(12,13)14/h1-2H,3H2,(H,16,17). The fourth-order valence-electron chi connectivity index (χ4n) is 1.31. The molecule has 0 saturated heterocycles. The normalized spacial score (nSPS) is 10.8. The molecule has 96 valence electrons. The molecule has 0 aliphatic heterocycles. The maximum absolute atomic E-state index is 12.1. The summed E-state index contributed by atoms with van der Waals surface area (Å²) in [6.07, 6.45) is -5.03. The number of nitrogens with zero attached hydrogens (tertiary/aromatic N) is 1. The van der Waals surface area contributed by atoms with Crippen LogP contribution >= 0.6 is 11.6 Å². The van der Waals surface area contributed by atoms with Crippen LogP contribution in [-0.2, 0) is 5.88 Å². The van der Waals surface area contributed by atoms with E-state index in [4.69, 9.17) is 22.0 Å². The molecule has 8 heteroatoms. The molecule has 0 amide bonds. The molecule has 0 aliphatic rings. The molecule has 0 heterocycles. The Labute approximate surface area is 104 Å². The van der Waals surface area contributed by atoms with E-state index in [1.807, 2.05) is 0 Å². The van der Waals surface area contributed by atoms with Gasteiger partial charge >= 0.3 is 12.3 Å². The predicted molar refractivity (Wildman–Crippen MR) is 54.4 cm³/mol. The lowest BCUT2D eigenvalue weighted by molar-refractivity contribution is -0.274. The SMILES string of the molecule is N#Cc1ccc(OC(F)(F)F)c(C(=O)O)c1CCl. The lowest BCUT2D eigenvalue weighted by Crippen LogP contribution is -2.20. The zero-order valence-electron chi connectivity index (χ0n) is 8.58. The zero-order valence-corrected chi connectivity index (χ0v) is 9.34. The molecule has 0 radical (unpaired) electrons. The molecule has 1 aromatic carbocycles. The Morgan fingerprint density at radius 2 is 2.11 bits per heavy atom. The monoisotopic (exact) mass is 279 g/mol. The number of aromatic carboxylic acids is 1. The van der Waals surface area contributed by atoms with Gasteiger partial charge in [0.15, 0.2) is 0 Å². The van der Waals surface area contributed by atoms with E-state index in [1.54, 1.807) is 6.07 Å². The minimum atomic E-state index is -5.03. The number of hydrogen-bond acceptors (Lipinski definition) is 3. The van der Waals surface area contributed by atoms with Crippen molar-refractivity contribution in [2.45, 2.75) is 12.2 Å². The van der Waals surface area contributed by atoms with E-state index in [9.17, 15) is 18.0 Å². The van der Waals surface area contributed by atoms with Crippen LogP contribution in [-0.4, -0.2) is 17.4 Å². The van der Waals surface area contributed by atoms with Crippen molar-refractivity contribution in [2.24, 2.45) is 0 Å². The van der Waals surface area contributed by atoms with E-state index < -0.39 is 29.5 Å². The maximum atomic E-state index is 12.1. The van der Waals surface area contributed by atoms with Crippen LogP contribution in [0.5, 0.6) is 5.75 Å². The van der Waals surface area contributed by atoms with Crippen LogP contribution in [0.3, 0.4) is 0 Å². The highest BCUT2D eigenvalue weighted by molar-refractivity contribution is 6.18. The summed E-state index contributed by atoms with van der Waals surface area (Å²) >= 11 is 5.45. The summed E-state index contributed by atoms with van der Waals surface area (Å²) in [6, 6.07) is 3.44. The van der Waals surface area contributed by atoms with E-state index in [1.165, 1.54) is 0 Å². The van der Waals surface area contributed by atoms with Crippen molar-refractivity contribution in [3.63, 3.8) is 0 Å². The number of carboxylic acid groups (broad SMARTS) is 1. The summed E-state index contributed by atoms with van der Waals surface area (Å²) in [7, 11) is 0. The molecule has 0 spiro atoms. The fourth-order valence-corrected chi connectivity index (χ4v) is 1.59. The summed E-state index contributed by atoms with van der Waals surface area (Å²) in [5.41, 5.74) is -1.09. The zero-order chi connectivity index (χ0) is 13.9. The molecule has 18 heavy (non-hydrogen) atoms. The lowest BCUT2D eigenvalue weighted by atomic mass is 10.0. The number of ether oxygens (including phenoxy) is 1. The van der Waals surface area contributed by atoms with Crippen molar-refractivity contribution in [3.05, 3.63) is 28.8 Å². The van der Waals surface area contributed by atoms with Gasteiger partial charge in [-0.05, 0) is 12.1 Å². The van der Waals surface area contributed by atoms with Gasteiger partial charge in [0.1, 0.15) is 11.3 Å². The smallest absolute Gasteiger partial charge is 0.478 e. The molecule has 0 bridgehead atoms. The molecule has 0 saturated carbocycles. The van der Waals surface area contributed by atoms with E-state index in [2.05, 4.69) is 4.74 Å². The summed E-state index contributed by atoms with van der Waals surface area (Å²) in [4.78, 5) is 10.9. The van der Waals surface area contributed by atoms with Crippen molar-refractivity contribution in [2.75, 3.05) is 0 Å². The number of hydrogen-bond donors (Lipinski definition) is 1. The third kappa shape index (κ3) is 3.05. The molecule has 0 unspecified atom stereocenters. The summed E-state index contributed by atoms with van der Waals surface area (Å²) in [5.74, 6) is -2.97. The van der Waals surface area contributed by atoms with Crippen LogP contribution in [0, 0.1) is 11.3 Å². The van der Waals surface area contributed by atoms with E-state index >= 15 is 0 Å². The second kappa shape index (κ2) is 5.14. The predicted octanol–water partition coefficient (Wildman–Crippen LogP) is 2.89. The van der Waals surface area contributed by atoms with Gasteiger partial charge in [-0.25, -0.2) is 4.79 Å². The minimum absolute atomic E-state index is 0.114. The summed E-state index contributed by atoms with van der Waals surface area (Å²) < 4.78 is 39.9.